The summed E-state index contributed by atoms with van der Waals surface area (Å²) in [6.45, 7) is 5.78. The first-order valence-corrected chi connectivity index (χ1v) is 6.22. The van der Waals surface area contributed by atoms with Crippen molar-refractivity contribution in [1.29, 1.82) is 0 Å². The van der Waals surface area contributed by atoms with Crippen LogP contribution in [-0.2, 0) is 11.3 Å². The SMILES string of the molecule is CCCN(Cc1ccc(F)cc1)CC(C)C(=O)O. The third-order valence-electron chi connectivity index (χ3n) is 2.81. The molecule has 4 heteroatoms. The Morgan fingerprint density at radius 2 is 2.00 bits per heavy atom. The third-order valence-corrected chi connectivity index (χ3v) is 2.81. The Bertz CT molecular complexity index is 378. The first kappa shape index (κ1) is 14.6. The molecule has 0 saturated heterocycles. The van der Waals surface area contributed by atoms with Crippen molar-refractivity contribution in [1.82, 2.24) is 4.90 Å². The molecule has 0 aromatic heterocycles. The number of hydrogen-bond acceptors (Lipinski definition) is 2. The minimum atomic E-state index is -0.782. The Balaban J connectivity index is 2.62. The molecule has 1 rings (SSSR count). The molecular weight excluding hydrogens is 233 g/mol. The van der Waals surface area contributed by atoms with Crippen molar-refractivity contribution < 1.29 is 14.3 Å². The molecule has 18 heavy (non-hydrogen) atoms. The summed E-state index contributed by atoms with van der Waals surface area (Å²) in [6.07, 6.45) is 0.966. The molecule has 0 aliphatic carbocycles. The van der Waals surface area contributed by atoms with Crippen LogP contribution in [0.1, 0.15) is 25.8 Å². The van der Waals surface area contributed by atoms with E-state index in [4.69, 9.17) is 5.11 Å². The van der Waals surface area contributed by atoms with E-state index in [2.05, 4.69) is 11.8 Å². The lowest BCUT2D eigenvalue weighted by Crippen LogP contribution is -2.32. The average Bonchev–Trinajstić information content (AvgIpc) is 2.32. The van der Waals surface area contributed by atoms with Crippen LogP contribution in [0, 0.1) is 11.7 Å². The highest BCUT2D eigenvalue weighted by molar-refractivity contribution is 5.69. The maximum Gasteiger partial charge on any atom is 0.307 e. The second-order valence-corrected chi connectivity index (χ2v) is 4.60. The first-order chi connectivity index (χ1) is 8.52. The Hall–Kier alpha value is -1.42. The highest BCUT2D eigenvalue weighted by Crippen LogP contribution is 2.09. The first-order valence-electron chi connectivity index (χ1n) is 6.22. The Kier molecular flexibility index (Phi) is 5.78. The largest absolute Gasteiger partial charge is 0.481 e. The fourth-order valence-electron chi connectivity index (χ4n) is 1.86. The fraction of sp³-hybridized carbons (Fsp3) is 0.500. The molecule has 1 aromatic rings. The van der Waals surface area contributed by atoms with Crippen LogP contribution in [0.15, 0.2) is 24.3 Å². The van der Waals surface area contributed by atoms with Crippen LogP contribution in [0.25, 0.3) is 0 Å². The smallest absolute Gasteiger partial charge is 0.307 e. The predicted molar refractivity (Wildman–Crippen MR) is 68.8 cm³/mol. The second-order valence-electron chi connectivity index (χ2n) is 4.60. The minimum absolute atomic E-state index is 0.250. The zero-order valence-corrected chi connectivity index (χ0v) is 10.9. The number of carbonyl (C=O) groups is 1. The maximum atomic E-state index is 12.8. The van der Waals surface area contributed by atoms with Gasteiger partial charge in [-0.1, -0.05) is 26.0 Å². The van der Waals surface area contributed by atoms with Crippen molar-refractivity contribution in [3.05, 3.63) is 35.6 Å². The predicted octanol–water partition coefficient (Wildman–Crippen LogP) is 2.76. The van der Waals surface area contributed by atoms with Gasteiger partial charge in [0.25, 0.3) is 0 Å². The summed E-state index contributed by atoms with van der Waals surface area (Å²) in [5, 5.41) is 8.93. The Morgan fingerprint density at radius 1 is 1.39 bits per heavy atom. The quantitative estimate of drug-likeness (QED) is 0.812. The second kappa shape index (κ2) is 7.11. The summed E-state index contributed by atoms with van der Waals surface area (Å²) in [5.41, 5.74) is 1.00. The molecule has 0 saturated carbocycles. The van der Waals surface area contributed by atoms with Gasteiger partial charge < -0.3 is 5.11 Å². The van der Waals surface area contributed by atoms with Crippen molar-refractivity contribution in [2.45, 2.75) is 26.8 Å². The van der Waals surface area contributed by atoms with Crippen molar-refractivity contribution in [2.75, 3.05) is 13.1 Å². The lowest BCUT2D eigenvalue weighted by atomic mass is 10.1. The number of aliphatic carboxylic acids is 1. The molecule has 0 amide bonds. The van der Waals surface area contributed by atoms with Gasteiger partial charge in [0.15, 0.2) is 0 Å². The van der Waals surface area contributed by atoms with E-state index in [-0.39, 0.29) is 5.82 Å². The van der Waals surface area contributed by atoms with Crippen molar-refractivity contribution in [3.63, 3.8) is 0 Å². The van der Waals surface area contributed by atoms with Gasteiger partial charge in [-0.25, -0.2) is 4.39 Å². The zero-order chi connectivity index (χ0) is 13.5. The van der Waals surface area contributed by atoms with E-state index in [1.165, 1.54) is 12.1 Å². The molecule has 100 valence electrons. The van der Waals surface area contributed by atoms with E-state index in [0.29, 0.717) is 13.1 Å². The summed E-state index contributed by atoms with van der Waals surface area (Å²) in [4.78, 5) is 12.9. The van der Waals surface area contributed by atoms with Crippen LogP contribution in [0.4, 0.5) is 4.39 Å². The molecule has 0 spiro atoms. The molecule has 0 heterocycles. The van der Waals surface area contributed by atoms with Crippen molar-refractivity contribution in [2.24, 2.45) is 5.92 Å². The van der Waals surface area contributed by atoms with Crippen molar-refractivity contribution in [3.8, 4) is 0 Å². The molecular formula is C14H20FNO2. The van der Waals surface area contributed by atoms with E-state index < -0.39 is 11.9 Å². The number of carboxylic acid groups (broad SMARTS) is 1. The topological polar surface area (TPSA) is 40.5 Å². The van der Waals surface area contributed by atoms with Crippen LogP contribution in [-0.4, -0.2) is 29.1 Å². The lowest BCUT2D eigenvalue weighted by molar-refractivity contribution is -0.141. The highest BCUT2D eigenvalue weighted by Gasteiger charge is 2.15. The van der Waals surface area contributed by atoms with Crippen LogP contribution in [0.5, 0.6) is 0 Å². The molecule has 0 aliphatic heterocycles. The van der Waals surface area contributed by atoms with Crippen molar-refractivity contribution >= 4 is 5.97 Å². The maximum absolute atomic E-state index is 12.8. The lowest BCUT2D eigenvalue weighted by Gasteiger charge is -2.23. The number of nitrogens with zero attached hydrogens (tertiary/aromatic N) is 1. The standard InChI is InChI=1S/C14H20FNO2/c1-3-8-16(9-11(2)14(17)18)10-12-4-6-13(15)7-5-12/h4-7,11H,3,8-10H2,1-2H3,(H,17,18). The summed E-state index contributed by atoms with van der Waals surface area (Å²) in [5.74, 6) is -1.42. The minimum Gasteiger partial charge on any atom is -0.481 e. The number of halogens is 1. The molecule has 1 N–H and O–H groups in total. The number of benzene rings is 1. The number of hydrogen-bond donors (Lipinski definition) is 1. The summed E-state index contributed by atoms with van der Waals surface area (Å²) >= 11 is 0. The van der Waals surface area contributed by atoms with Gasteiger partial charge in [-0.3, -0.25) is 9.69 Å². The van der Waals surface area contributed by atoms with E-state index >= 15 is 0 Å². The van der Waals surface area contributed by atoms with Gasteiger partial charge in [-0.05, 0) is 30.7 Å². The average molecular weight is 253 g/mol. The normalized spacial score (nSPS) is 12.7. The van der Waals surface area contributed by atoms with Gasteiger partial charge >= 0.3 is 5.97 Å². The summed E-state index contributed by atoms with van der Waals surface area (Å²) in [7, 11) is 0. The van der Waals surface area contributed by atoms with Gasteiger partial charge in [0.05, 0.1) is 5.92 Å². The van der Waals surface area contributed by atoms with E-state index in [9.17, 15) is 9.18 Å². The molecule has 0 fully saturated rings. The van der Waals surface area contributed by atoms with Gasteiger partial charge in [0.2, 0.25) is 0 Å². The van der Waals surface area contributed by atoms with Crippen LogP contribution < -0.4 is 0 Å². The fourth-order valence-corrected chi connectivity index (χ4v) is 1.86. The zero-order valence-electron chi connectivity index (χ0n) is 10.9. The highest BCUT2D eigenvalue weighted by atomic mass is 19.1. The molecule has 0 radical (unpaired) electrons. The van der Waals surface area contributed by atoms with E-state index in [1.54, 1.807) is 19.1 Å². The molecule has 3 nitrogen and oxygen atoms in total. The summed E-state index contributed by atoms with van der Waals surface area (Å²) < 4.78 is 12.8. The summed E-state index contributed by atoms with van der Waals surface area (Å²) in [6, 6.07) is 6.34. The molecule has 1 atom stereocenters. The van der Waals surface area contributed by atoms with Crippen LogP contribution >= 0.6 is 0 Å². The molecule has 1 aromatic carbocycles. The van der Waals surface area contributed by atoms with Crippen LogP contribution in [0.2, 0.25) is 0 Å². The number of carboxylic acids is 1. The Morgan fingerprint density at radius 3 is 2.50 bits per heavy atom. The van der Waals surface area contributed by atoms with Gasteiger partial charge in [0.1, 0.15) is 5.82 Å². The van der Waals surface area contributed by atoms with Crippen LogP contribution in [0.3, 0.4) is 0 Å². The van der Waals surface area contributed by atoms with Gasteiger partial charge in [-0.15, -0.1) is 0 Å². The molecule has 1 unspecified atom stereocenters. The number of rotatable bonds is 7. The van der Waals surface area contributed by atoms with Gasteiger partial charge in [-0.2, -0.15) is 0 Å². The Labute approximate surface area is 107 Å². The van der Waals surface area contributed by atoms with Gasteiger partial charge in [0, 0.05) is 13.1 Å². The van der Waals surface area contributed by atoms with E-state index in [0.717, 1.165) is 18.5 Å². The van der Waals surface area contributed by atoms with E-state index in [1.807, 2.05) is 0 Å². The molecule has 0 bridgehead atoms. The third kappa shape index (κ3) is 4.84. The molecule has 0 aliphatic rings. The monoisotopic (exact) mass is 253 g/mol.